The predicted molar refractivity (Wildman–Crippen MR) is 106 cm³/mol. The Hall–Kier alpha value is -1.10. The minimum atomic E-state index is -0.583. The number of aliphatic carboxylic acids is 1. The minimum absolute atomic E-state index is 0.0188. The van der Waals surface area contributed by atoms with Crippen LogP contribution in [-0.2, 0) is 9.59 Å². The van der Waals surface area contributed by atoms with Gasteiger partial charge < -0.3 is 15.5 Å². The SMILES string of the molecule is O=C(O)C1(CCCCCCCCCCCCC2(C(=O)NCCO)CC2)CC1. The number of hydrogen-bond acceptors (Lipinski definition) is 3. The van der Waals surface area contributed by atoms with Crippen molar-refractivity contribution in [1.82, 2.24) is 5.32 Å². The highest BCUT2D eigenvalue weighted by Crippen LogP contribution is 2.50. The van der Waals surface area contributed by atoms with Crippen LogP contribution in [0.5, 0.6) is 0 Å². The van der Waals surface area contributed by atoms with Crippen molar-refractivity contribution in [2.24, 2.45) is 10.8 Å². The van der Waals surface area contributed by atoms with Crippen molar-refractivity contribution in [2.45, 2.75) is 103 Å². The number of unbranched alkanes of at least 4 members (excludes halogenated alkanes) is 9. The number of carbonyl (C=O) groups excluding carboxylic acids is 1. The Morgan fingerprint density at radius 3 is 1.48 bits per heavy atom. The van der Waals surface area contributed by atoms with Gasteiger partial charge in [0.15, 0.2) is 0 Å². The van der Waals surface area contributed by atoms with E-state index in [1.54, 1.807) is 0 Å². The van der Waals surface area contributed by atoms with Crippen LogP contribution in [0.4, 0.5) is 0 Å². The zero-order chi connectivity index (χ0) is 19.6. The van der Waals surface area contributed by atoms with Gasteiger partial charge in [0.1, 0.15) is 0 Å². The van der Waals surface area contributed by atoms with Crippen LogP contribution in [0.2, 0.25) is 0 Å². The third-order valence-electron chi connectivity index (χ3n) is 6.60. The van der Waals surface area contributed by atoms with Crippen molar-refractivity contribution in [2.75, 3.05) is 13.2 Å². The van der Waals surface area contributed by atoms with Crippen LogP contribution >= 0.6 is 0 Å². The molecule has 27 heavy (non-hydrogen) atoms. The van der Waals surface area contributed by atoms with Crippen molar-refractivity contribution >= 4 is 11.9 Å². The Bertz CT molecular complexity index is 469. The average Bonchev–Trinajstić information content (AvgIpc) is 3.56. The van der Waals surface area contributed by atoms with Gasteiger partial charge in [-0.05, 0) is 38.5 Å². The van der Waals surface area contributed by atoms with Crippen molar-refractivity contribution in [1.29, 1.82) is 0 Å². The number of amides is 1. The second-order valence-electron chi connectivity index (χ2n) is 8.88. The van der Waals surface area contributed by atoms with Crippen molar-refractivity contribution in [3.63, 3.8) is 0 Å². The quantitative estimate of drug-likeness (QED) is 0.326. The Morgan fingerprint density at radius 1 is 0.704 bits per heavy atom. The molecule has 0 spiro atoms. The van der Waals surface area contributed by atoms with Crippen LogP contribution < -0.4 is 5.32 Å². The molecular formula is C22H39NO4. The van der Waals surface area contributed by atoms with E-state index in [9.17, 15) is 9.59 Å². The zero-order valence-electron chi connectivity index (χ0n) is 16.9. The second kappa shape index (κ2) is 11.0. The van der Waals surface area contributed by atoms with E-state index in [2.05, 4.69) is 5.32 Å². The van der Waals surface area contributed by atoms with Gasteiger partial charge in [0.2, 0.25) is 5.91 Å². The fraction of sp³-hybridized carbons (Fsp3) is 0.909. The Labute approximate surface area is 164 Å². The van der Waals surface area contributed by atoms with E-state index < -0.39 is 5.97 Å². The topological polar surface area (TPSA) is 86.6 Å². The largest absolute Gasteiger partial charge is 0.481 e. The molecule has 1 amide bonds. The summed E-state index contributed by atoms with van der Waals surface area (Å²) in [7, 11) is 0. The molecule has 2 aliphatic rings. The Kier molecular flexibility index (Phi) is 9.07. The molecule has 0 heterocycles. The van der Waals surface area contributed by atoms with Crippen LogP contribution in [0.3, 0.4) is 0 Å². The zero-order valence-corrected chi connectivity index (χ0v) is 16.9. The first-order valence-corrected chi connectivity index (χ1v) is 11.2. The lowest BCUT2D eigenvalue weighted by Gasteiger charge is -2.14. The molecular weight excluding hydrogens is 342 g/mol. The molecule has 0 unspecified atom stereocenters. The summed E-state index contributed by atoms with van der Waals surface area (Å²) in [6, 6.07) is 0. The molecule has 3 N–H and O–H groups in total. The molecule has 0 aliphatic heterocycles. The molecule has 0 bridgehead atoms. The van der Waals surface area contributed by atoms with E-state index in [4.69, 9.17) is 10.2 Å². The first-order valence-electron chi connectivity index (χ1n) is 11.2. The van der Waals surface area contributed by atoms with Gasteiger partial charge in [0.05, 0.1) is 12.0 Å². The predicted octanol–water partition coefficient (Wildman–Crippen LogP) is 4.42. The maximum absolute atomic E-state index is 12.0. The normalized spacial score (nSPS) is 18.9. The van der Waals surface area contributed by atoms with Gasteiger partial charge >= 0.3 is 5.97 Å². The van der Waals surface area contributed by atoms with Gasteiger partial charge in [-0.15, -0.1) is 0 Å². The number of aliphatic hydroxyl groups excluding tert-OH is 1. The monoisotopic (exact) mass is 381 g/mol. The van der Waals surface area contributed by atoms with E-state index >= 15 is 0 Å². The summed E-state index contributed by atoms with van der Waals surface area (Å²) in [5.41, 5.74) is -0.437. The fourth-order valence-electron chi connectivity index (χ4n) is 4.16. The standard InChI is InChI=1S/C22H39NO4/c24-18-17-23-19(25)21(13-14-21)11-9-7-5-3-1-2-4-6-8-10-12-22(15-16-22)20(26)27/h24H,1-18H2,(H,23,25)(H,26,27). The highest BCUT2D eigenvalue weighted by Gasteiger charge is 2.49. The number of carbonyl (C=O) groups is 2. The maximum atomic E-state index is 12.0. The molecule has 0 atom stereocenters. The van der Waals surface area contributed by atoms with Gasteiger partial charge in [0, 0.05) is 12.0 Å². The second-order valence-corrected chi connectivity index (χ2v) is 8.88. The van der Waals surface area contributed by atoms with Crippen LogP contribution in [-0.4, -0.2) is 35.2 Å². The lowest BCUT2D eigenvalue weighted by atomic mass is 9.96. The first-order chi connectivity index (χ1) is 13.0. The molecule has 0 radical (unpaired) electrons. The van der Waals surface area contributed by atoms with Gasteiger partial charge in [-0.3, -0.25) is 9.59 Å². The van der Waals surface area contributed by atoms with Crippen LogP contribution in [0.15, 0.2) is 0 Å². The number of hydrogen-bond donors (Lipinski definition) is 3. The average molecular weight is 382 g/mol. The van der Waals surface area contributed by atoms with Crippen molar-refractivity contribution < 1.29 is 19.8 Å². The van der Waals surface area contributed by atoms with Gasteiger partial charge in [-0.25, -0.2) is 0 Å². The molecule has 5 nitrogen and oxygen atoms in total. The summed E-state index contributed by atoms with van der Waals surface area (Å²) in [6.07, 6.45) is 17.9. The molecule has 0 saturated heterocycles. The minimum Gasteiger partial charge on any atom is -0.481 e. The van der Waals surface area contributed by atoms with Crippen LogP contribution in [0.25, 0.3) is 0 Å². The third kappa shape index (κ3) is 7.44. The van der Waals surface area contributed by atoms with Gasteiger partial charge in [0.25, 0.3) is 0 Å². The Morgan fingerprint density at radius 2 is 1.11 bits per heavy atom. The van der Waals surface area contributed by atoms with E-state index in [0.717, 1.165) is 51.4 Å². The number of aliphatic hydroxyl groups is 1. The van der Waals surface area contributed by atoms with Crippen molar-refractivity contribution in [3.8, 4) is 0 Å². The highest BCUT2D eigenvalue weighted by molar-refractivity contribution is 5.85. The molecule has 5 heteroatoms. The van der Waals surface area contributed by atoms with E-state index in [-0.39, 0.29) is 23.3 Å². The number of rotatable bonds is 17. The van der Waals surface area contributed by atoms with E-state index in [0.29, 0.717) is 6.54 Å². The fourth-order valence-corrected chi connectivity index (χ4v) is 4.16. The lowest BCUT2D eigenvalue weighted by Crippen LogP contribution is -2.33. The molecule has 0 aromatic carbocycles. The van der Waals surface area contributed by atoms with Crippen LogP contribution in [0, 0.1) is 10.8 Å². The smallest absolute Gasteiger partial charge is 0.309 e. The number of carboxylic acid groups (broad SMARTS) is 1. The first kappa shape index (κ1) is 22.2. The van der Waals surface area contributed by atoms with Gasteiger partial charge in [-0.1, -0.05) is 64.2 Å². The molecule has 2 rings (SSSR count). The maximum Gasteiger partial charge on any atom is 0.309 e. The number of nitrogens with one attached hydrogen (secondary N) is 1. The summed E-state index contributed by atoms with van der Waals surface area (Å²) in [5.74, 6) is -0.437. The Balaban J connectivity index is 1.34. The molecule has 2 aliphatic carbocycles. The van der Waals surface area contributed by atoms with Crippen LogP contribution in [0.1, 0.15) is 103 Å². The van der Waals surface area contributed by atoms with E-state index in [1.807, 2.05) is 0 Å². The van der Waals surface area contributed by atoms with Crippen molar-refractivity contribution in [3.05, 3.63) is 0 Å². The summed E-state index contributed by atoms with van der Waals surface area (Å²) < 4.78 is 0. The molecule has 0 aromatic rings. The van der Waals surface area contributed by atoms with E-state index in [1.165, 1.54) is 51.4 Å². The summed E-state index contributed by atoms with van der Waals surface area (Å²) >= 11 is 0. The molecule has 156 valence electrons. The third-order valence-corrected chi connectivity index (χ3v) is 6.60. The highest BCUT2D eigenvalue weighted by atomic mass is 16.4. The lowest BCUT2D eigenvalue weighted by molar-refractivity contribution is -0.143. The summed E-state index contributed by atoms with van der Waals surface area (Å²) in [5, 5.41) is 20.8. The molecule has 2 saturated carbocycles. The van der Waals surface area contributed by atoms with Gasteiger partial charge in [-0.2, -0.15) is 0 Å². The summed E-state index contributed by atoms with van der Waals surface area (Å²) in [4.78, 5) is 23.1. The number of carboxylic acids is 1. The molecule has 2 fully saturated rings. The molecule has 0 aromatic heterocycles. The summed E-state index contributed by atoms with van der Waals surface area (Å²) in [6.45, 7) is 0.395.